The third-order valence-electron chi connectivity index (χ3n) is 2.63. The molecule has 0 atom stereocenters. The van der Waals surface area contributed by atoms with Crippen molar-refractivity contribution in [1.82, 2.24) is 9.78 Å². The van der Waals surface area contributed by atoms with Gasteiger partial charge < -0.3 is 10.4 Å². The maximum absolute atomic E-state index is 12.0. The quantitative estimate of drug-likeness (QED) is 0.877. The zero-order valence-corrected chi connectivity index (χ0v) is 10.3. The summed E-state index contributed by atoms with van der Waals surface area (Å²) in [5.74, 6) is -1.46. The Labute approximate surface area is 109 Å². The van der Waals surface area contributed by atoms with E-state index in [-0.39, 0.29) is 17.2 Å². The summed E-state index contributed by atoms with van der Waals surface area (Å²) in [5, 5.41) is 15.6. The van der Waals surface area contributed by atoms with Crippen LogP contribution in [0.25, 0.3) is 0 Å². The van der Waals surface area contributed by atoms with Crippen LogP contribution in [0.3, 0.4) is 0 Å². The fourth-order valence-electron chi connectivity index (χ4n) is 1.63. The number of hydrogen-bond acceptors (Lipinski definition) is 3. The maximum Gasteiger partial charge on any atom is 0.337 e. The fourth-order valence-corrected chi connectivity index (χ4v) is 1.63. The summed E-state index contributed by atoms with van der Waals surface area (Å²) >= 11 is 0. The molecule has 1 aromatic carbocycles. The van der Waals surface area contributed by atoms with Gasteiger partial charge in [-0.15, -0.1) is 0 Å². The van der Waals surface area contributed by atoms with Crippen LogP contribution in [0.4, 0.5) is 5.69 Å². The molecule has 0 saturated carbocycles. The van der Waals surface area contributed by atoms with E-state index in [0.29, 0.717) is 12.1 Å². The molecule has 19 heavy (non-hydrogen) atoms. The van der Waals surface area contributed by atoms with Crippen molar-refractivity contribution in [3.8, 4) is 0 Å². The Balaban J connectivity index is 2.21. The molecule has 1 aromatic heterocycles. The normalized spacial score (nSPS) is 10.2. The minimum atomic E-state index is -1.08. The van der Waals surface area contributed by atoms with Gasteiger partial charge in [-0.1, -0.05) is 12.1 Å². The van der Waals surface area contributed by atoms with Crippen LogP contribution in [0.15, 0.2) is 36.7 Å². The number of aromatic carboxylic acids is 1. The molecular formula is C13H13N3O3. The Bertz CT molecular complexity index is 619. The van der Waals surface area contributed by atoms with Crippen molar-refractivity contribution in [1.29, 1.82) is 0 Å². The van der Waals surface area contributed by atoms with Crippen molar-refractivity contribution in [2.75, 3.05) is 5.32 Å². The summed E-state index contributed by atoms with van der Waals surface area (Å²) in [6, 6.07) is 6.25. The van der Waals surface area contributed by atoms with E-state index in [9.17, 15) is 9.59 Å². The van der Waals surface area contributed by atoms with Crippen LogP contribution < -0.4 is 5.32 Å². The number of carboxylic acid groups (broad SMARTS) is 1. The van der Waals surface area contributed by atoms with Gasteiger partial charge in [0.25, 0.3) is 5.91 Å². The Morgan fingerprint density at radius 1 is 1.37 bits per heavy atom. The van der Waals surface area contributed by atoms with Crippen LogP contribution in [-0.2, 0) is 6.54 Å². The highest BCUT2D eigenvalue weighted by molar-refractivity contribution is 6.07. The van der Waals surface area contributed by atoms with Crippen LogP contribution in [0.2, 0.25) is 0 Å². The molecule has 6 nitrogen and oxygen atoms in total. The summed E-state index contributed by atoms with van der Waals surface area (Å²) in [4.78, 5) is 23.0. The van der Waals surface area contributed by atoms with Crippen LogP contribution >= 0.6 is 0 Å². The predicted octanol–water partition coefficient (Wildman–Crippen LogP) is 1.85. The molecule has 1 amide bonds. The molecule has 0 fully saturated rings. The smallest absolute Gasteiger partial charge is 0.337 e. The summed E-state index contributed by atoms with van der Waals surface area (Å²) in [5.41, 5.74) is 0.713. The third-order valence-corrected chi connectivity index (χ3v) is 2.63. The van der Waals surface area contributed by atoms with Crippen LogP contribution in [0, 0.1) is 0 Å². The predicted molar refractivity (Wildman–Crippen MR) is 69.3 cm³/mol. The number of rotatable bonds is 4. The third kappa shape index (κ3) is 2.79. The molecule has 2 aromatic rings. The lowest BCUT2D eigenvalue weighted by atomic mass is 10.1. The lowest BCUT2D eigenvalue weighted by Gasteiger charge is -2.06. The van der Waals surface area contributed by atoms with Crippen LogP contribution in [-0.4, -0.2) is 26.8 Å². The minimum absolute atomic E-state index is 0.0544. The number of carbonyl (C=O) groups is 2. The first kappa shape index (κ1) is 12.8. The Morgan fingerprint density at radius 3 is 2.74 bits per heavy atom. The Morgan fingerprint density at radius 2 is 2.11 bits per heavy atom. The first-order chi connectivity index (χ1) is 9.11. The summed E-state index contributed by atoms with van der Waals surface area (Å²) in [6.07, 6.45) is 3.06. The SMILES string of the molecule is CCn1cc(C(=O)Nc2ccccc2C(=O)O)cn1. The van der Waals surface area contributed by atoms with Gasteiger partial charge in [0.05, 0.1) is 23.0 Å². The van der Waals surface area contributed by atoms with Crippen molar-refractivity contribution >= 4 is 17.6 Å². The average molecular weight is 259 g/mol. The number of hydrogen-bond donors (Lipinski definition) is 2. The molecule has 0 saturated heterocycles. The number of para-hydroxylation sites is 1. The van der Waals surface area contributed by atoms with Gasteiger partial charge in [0.15, 0.2) is 0 Å². The Kier molecular flexibility index (Phi) is 3.61. The molecular weight excluding hydrogens is 246 g/mol. The molecule has 2 rings (SSSR count). The average Bonchev–Trinajstić information content (AvgIpc) is 2.88. The lowest BCUT2D eigenvalue weighted by Crippen LogP contribution is -2.14. The molecule has 0 aliphatic carbocycles. The zero-order chi connectivity index (χ0) is 13.8. The topological polar surface area (TPSA) is 84.2 Å². The van der Waals surface area contributed by atoms with Gasteiger partial charge in [-0.05, 0) is 19.1 Å². The van der Waals surface area contributed by atoms with E-state index in [1.54, 1.807) is 29.1 Å². The van der Waals surface area contributed by atoms with E-state index in [1.165, 1.54) is 12.3 Å². The van der Waals surface area contributed by atoms with Gasteiger partial charge in [-0.3, -0.25) is 9.48 Å². The first-order valence-electron chi connectivity index (χ1n) is 5.78. The molecule has 0 aliphatic heterocycles. The summed E-state index contributed by atoms with van der Waals surface area (Å²) in [6.45, 7) is 2.58. The Hall–Kier alpha value is -2.63. The van der Waals surface area contributed by atoms with Crippen molar-refractivity contribution < 1.29 is 14.7 Å². The van der Waals surface area contributed by atoms with Crippen molar-refractivity contribution in [3.05, 3.63) is 47.8 Å². The second kappa shape index (κ2) is 5.34. The number of nitrogens with one attached hydrogen (secondary N) is 1. The fraction of sp³-hybridized carbons (Fsp3) is 0.154. The monoisotopic (exact) mass is 259 g/mol. The summed E-state index contributed by atoms with van der Waals surface area (Å²) in [7, 11) is 0. The number of nitrogens with zero attached hydrogens (tertiary/aromatic N) is 2. The molecule has 0 bridgehead atoms. The number of carboxylic acids is 1. The van der Waals surface area contributed by atoms with Crippen molar-refractivity contribution in [2.24, 2.45) is 0 Å². The van der Waals surface area contributed by atoms with E-state index >= 15 is 0 Å². The molecule has 2 N–H and O–H groups in total. The molecule has 0 unspecified atom stereocenters. The molecule has 0 radical (unpaired) electrons. The molecule has 0 aliphatic rings. The number of amides is 1. The highest BCUT2D eigenvalue weighted by atomic mass is 16.4. The second-order valence-corrected chi connectivity index (χ2v) is 3.89. The van der Waals surface area contributed by atoms with Crippen LogP contribution in [0.1, 0.15) is 27.6 Å². The van der Waals surface area contributed by atoms with E-state index in [4.69, 9.17) is 5.11 Å². The highest BCUT2D eigenvalue weighted by Gasteiger charge is 2.13. The maximum atomic E-state index is 12.0. The number of anilines is 1. The van der Waals surface area contributed by atoms with Crippen molar-refractivity contribution in [2.45, 2.75) is 13.5 Å². The zero-order valence-electron chi connectivity index (χ0n) is 10.3. The lowest BCUT2D eigenvalue weighted by molar-refractivity contribution is 0.0698. The minimum Gasteiger partial charge on any atom is -0.478 e. The van der Waals surface area contributed by atoms with Gasteiger partial charge in [0.1, 0.15) is 0 Å². The van der Waals surface area contributed by atoms with Crippen molar-refractivity contribution in [3.63, 3.8) is 0 Å². The van der Waals surface area contributed by atoms with E-state index < -0.39 is 5.97 Å². The number of aromatic nitrogens is 2. The number of carbonyl (C=O) groups excluding carboxylic acids is 1. The number of benzene rings is 1. The largest absolute Gasteiger partial charge is 0.478 e. The van der Waals surface area contributed by atoms with Gasteiger partial charge >= 0.3 is 5.97 Å². The standard InChI is InChI=1S/C13H13N3O3/c1-2-16-8-9(7-14-16)12(17)15-11-6-4-3-5-10(11)13(18)19/h3-8H,2H2,1H3,(H,15,17)(H,18,19). The number of aryl methyl sites for hydroxylation is 1. The van der Waals surface area contributed by atoms with E-state index in [2.05, 4.69) is 10.4 Å². The van der Waals surface area contributed by atoms with Crippen LogP contribution in [0.5, 0.6) is 0 Å². The molecule has 0 spiro atoms. The summed E-state index contributed by atoms with van der Waals surface area (Å²) < 4.78 is 1.62. The van der Waals surface area contributed by atoms with Gasteiger partial charge in [-0.2, -0.15) is 5.10 Å². The van der Waals surface area contributed by atoms with Gasteiger partial charge in [0.2, 0.25) is 0 Å². The highest BCUT2D eigenvalue weighted by Crippen LogP contribution is 2.16. The van der Waals surface area contributed by atoms with E-state index in [1.807, 2.05) is 6.92 Å². The van der Waals surface area contributed by atoms with Gasteiger partial charge in [0, 0.05) is 12.7 Å². The first-order valence-corrected chi connectivity index (χ1v) is 5.78. The molecule has 1 heterocycles. The molecule has 6 heteroatoms. The van der Waals surface area contributed by atoms with E-state index in [0.717, 1.165) is 0 Å². The van der Waals surface area contributed by atoms with Gasteiger partial charge in [-0.25, -0.2) is 4.79 Å². The second-order valence-electron chi connectivity index (χ2n) is 3.89. The molecule has 98 valence electrons.